The second-order valence-electron chi connectivity index (χ2n) is 5.11. The number of anilines is 1. The van der Waals surface area contributed by atoms with Gasteiger partial charge in [-0.1, -0.05) is 17.3 Å². The number of benzene rings is 1. The topological polar surface area (TPSA) is 51.0 Å². The van der Waals surface area contributed by atoms with Crippen molar-refractivity contribution in [2.75, 3.05) is 5.32 Å². The van der Waals surface area contributed by atoms with Crippen LogP contribution in [0.4, 0.5) is 32.2 Å². The van der Waals surface area contributed by atoms with Crippen molar-refractivity contribution in [3.05, 3.63) is 47.8 Å². The van der Waals surface area contributed by atoms with E-state index in [9.17, 15) is 26.3 Å². The standard InChI is InChI=1S/C15H9F6N3OS/c16-14(17,18)12-11-10(5-6-22-12)13(24-25-11)23-7-8-1-3-9(4-2-8)26-15(19,20)21/h1-6H,7H2,(H,23,24). The highest BCUT2D eigenvalue weighted by Crippen LogP contribution is 2.37. The van der Waals surface area contributed by atoms with Crippen LogP contribution in [-0.4, -0.2) is 15.6 Å². The molecule has 3 rings (SSSR count). The molecule has 0 spiro atoms. The Bertz CT molecular complexity index is 904. The second kappa shape index (κ2) is 6.71. The minimum atomic E-state index is -4.68. The molecule has 26 heavy (non-hydrogen) atoms. The molecule has 0 aliphatic heterocycles. The average Bonchev–Trinajstić information content (AvgIpc) is 2.95. The molecule has 0 radical (unpaired) electrons. The van der Waals surface area contributed by atoms with Crippen LogP contribution < -0.4 is 5.32 Å². The van der Waals surface area contributed by atoms with Crippen LogP contribution in [0.15, 0.2) is 45.9 Å². The Balaban J connectivity index is 1.74. The molecule has 0 unspecified atom stereocenters. The molecule has 0 saturated heterocycles. The Morgan fingerprint density at radius 2 is 1.69 bits per heavy atom. The molecule has 0 fully saturated rings. The molecule has 11 heteroatoms. The first-order valence-corrected chi connectivity index (χ1v) is 7.85. The lowest BCUT2D eigenvalue weighted by molar-refractivity contribution is -0.140. The maximum absolute atomic E-state index is 12.9. The van der Waals surface area contributed by atoms with E-state index >= 15 is 0 Å². The molecule has 1 N–H and O–H groups in total. The number of halogens is 6. The maximum atomic E-state index is 12.9. The summed E-state index contributed by atoms with van der Waals surface area (Å²) in [7, 11) is 0. The lowest BCUT2D eigenvalue weighted by Gasteiger charge is -2.07. The highest BCUT2D eigenvalue weighted by atomic mass is 32.2. The molecule has 0 saturated carbocycles. The number of hydrogen-bond acceptors (Lipinski definition) is 5. The maximum Gasteiger partial charge on any atom is 0.446 e. The predicted octanol–water partition coefficient (Wildman–Crippen LogP) is 5.47. The number of hydrogen-bond donors (Lipinski definition) is 1. The number of pyridine rings is 1. The summed E-state index contributed by atoms with van der Waals surface area (Å²) in [5, 5.41) is 6.48. The van der Waals surface area contributed by atoms with Gasteiger partial charge in [0.1, 0.15) is 0 Å². The molecule has 4 nitrogen and oxygen atoms in total. The van der Waals surface area contributed by atoms with Crippen molar-refractivity contribution in [1.82, 2.24) is 10.1 Å². The van der Waals surface area contributed by atoms with Gasteiger partial charge in [0.05, 0.1) is 5.39 Å². The van der Waals surface area contributed by atoms with Gasteiger partial charge in [0.15, 0.2) is 17.1 Å². The average molecular weight is 393 g/mol. The zero-order valence-electron chi connectivity index (χ0n) is 12.6. The van der Waals surface area contributed by atoms with Crippen molar-refractivity contribution in [2.45, 2.75) is 23.1 Å². The van der Waals surface area contributed by atoms with E-state index < -0.39 is 23.0 Å². The fourth-order valence-corrected chi connectivity index (χ4v) is 2.73. The number of fused-ring (bicyclic) bond motifs is 1. The van der Waals surface area contributed by atoms with E-state index in [-0.39, 0.29) is 34.4 Å². The highest BCUT2D eigenvalue weighted by molar-refractivity contribution is 8.00. The zero-order chi connectivity index (χ0) is 18.9. The summed E-state index contributed by atoms with van der Waals surface area (Å²) in [4.78, 5) is 3.30. The summed E-state index contributed by atoms with van der Waals surface area (Å²) in [5.41, 5.74) is -5.41. The summed E-state index contributed by atoms with van der Waals surface area (Å²) in [5.74, 6) is 0.0849. The van der Waals surface area contributed by atoms with Crippen LogP contribution in [0, 0.1) is 0 Å². The van der Waals surface area contributed by atoms with Crippen LogP contribution in [-0.2, 0) is 12.7 Å². The fraction of sp³-hybridized carbons (Fsp3) is 0.200. The quantitative estimate of drug-likeness (QED) is 0.471. The van der Waals surface area contributed by atoms with Gasteiger partial charge in [-0.2, -0.15) is 26.3 Å². The van der Waals surface area contributed by atoms with E-state index in [0.29, 0.717) is 5.56 Å². The van der Waals surface area contributed by atoms with Crippen molar-refractivity contribution in [1.29, 1.82) is 0 Å². The molecule has 2 aromatic heterocycles. The van der Waals surface area contributed by atoms with Crippen molar-refractivity contribution in [3.8, 4) is 0 Å². The third kappa shape index (κ3) is 4.21. The second-order valence-corrected chi connectivity index (χ2v) is 6.25. The Morgan fingerprint density at radius 3 is 2.31 bits per heavy atom. The van der Waals surface area contributed by atoms with Gasteiger partial charge in [-0.05, 0) is 35.5 Å². The number of thioether (sulfide) groups is 1. The molecule has 0 aliphatic carbocycles. The molecule has 2 heterocycles. The van der Waals surface area contributed by atoms with Crippen LogP contribution in [0.1, 0.15) is 11.3 Å². The number of nitrogens with one attached hydrogen (secondary N) is 1. The van der Waals surface area contributed by atoms with Crippen molar-refractivity contribution in [2.24, 2.45) is 0 Å². The first kappa shape index (κ1) is 18.4. The molecule has 0 amide bonds. The van der Waals surface area contributed by atoms with Gasteiger partial charge in [0.25, 0.3) is 0 Å². The number of alkyl halides is 6. The zero-order valence-corrected chi connectivity index (χ0v) is 13.5. The summed E-state index contributed by atoms with van der Waals surface area (Å²) in [6, 6.07) is 6.90. The van der Waals surface area contributed by atoms with Crippen molar-refractivity contribution < 1.29 is 30.9 Å². The van der Waals surface area contributed by atoms with Gasteiger partial charge in [-0.15, -0.1) is 0 Å². The summed E-state index contributed by atoms with van der Waals surface area (Å²) < 4.78 is 80.2. The molecule has 0 atom stereocenters. The monoisotopic (exact) mass is 393 g/mol. The molecule has 1 aromatic carbocycles. The summed E-state index contributed by atoms with van der Waals surface area (Å²) in [6.45, 7) is 0.141. The third-order valence-corrected chi connectivity index (χ3v) is 4.01. The van der Waals surface area contributed by atoms with Gasteiger partial charge in [-0.25, -0.2) is 4.98 Å². The van der Waals surface area contributed by atoms with Crippen LogP contribution >= 0.6 is 11.8 Å². The molecule has 138 valence electrons. The predicted molar refractivity (Wildman–Crippen MR) is 82.5 cm³/mol. The minimum Gasteiger partial charge on any atom is -0.363 e. The van der Waals surface area contributed by atoms with Crippen molar-refractivity contribution in [3.63, 3.8) is 0 Å². The van der Waals surface area contributed by atoms with Crippen molar-refractivity contribution >= 4 is 28.5 Å². The van der Waals surface area contributed by atoms with Gasteiger partial charge in [0.2, 0.25) is 0 Å². The first-order valence-electron chi connectivity index (χ1n) is 7.03. The molecular weight excluding hydrogens is 384 g/mol. The van der Waals surface area contributed by atoms with E-state index in [4.69, 9.17) is 4.52 Å². The Morgan fingerprint density at radius 1 is 1.00 bits per heavy atom. The van der Waals surface area contributed by atoms with E-state index in [1.54, 1.807) is 0 Å². The van der Waals surface area contributed by atoms with E-state index in [1.165, 1.54) is 30.3 Å². The van der Waals surface area contributed by atoms with Gasteiger partial charge >= 0.3 is 11.7 Å². The van der Waals surface area contributed by atoms with E-state index in [2.05, 4.69) is 15.5 Å². The summed E-state index contributed by atoms with van der Waals surface area (Å²) in [6.07, 6.45) is -3.68. The fourth-order valence-electron chi connectivity index (χ4n) is 2.19. The third-order valence-electron chi connectivity index (χ3n) is 3.27. The van der Waals surface area contributed by atoms with Gasteiger partial charge < -0.3 is 9.84 Å². The highest BCUT2D eigenvalue weighted by Gasteiger charge is 2.37. The van der Waals surface area contributed by atoms with Crippen LogP contribution in [0.25, 0.3) is 11.0 Å². The molecule has 0 aliphatic rings. The molecule has 0 bridgehead atoms. The van der Waals surface area contributed by atoms with Gasteiger partial charge in [-0.3, -0.25) is 0 Å². The lowest BCUT2D eigenvalue weighted by Crippen LogP contribution is -2.07. The smallest absolute Gasteiger partial charge is 0.363 e. The Labute approximate surface area is 146 Å². The van der Waals surface area contributed by atoms with E-state index in [0.717, 1.165) is 6.20 Å². The Hall–Kier alpha value is -2.43. The largest absolute Gasteiger partial charge is 0.446 e. The van der Waals surface area contributed by atoms with Crippen LogP contribution in [0.2, 0.25) is 0 Å². The molecule has 3 aromatic rings. The minimum absolute atomic E-state index is 0.0361. The van der Waals surface area contributed by atoms with E-state index in [1.807, 2.05) is 0 Å². The number of nitrogens with zero attached hydrogens (tertiary/aromatic N) is 2. The van der Waals surface area contributed by atoms with Crippen LogP contribution in [0.5, 0.6) is 0 Å². The lowest BCUT2D eigenvalue weighted by atomic mass is 10.2. The SMILES string of the molecule is FC(F)(F)Sc1ccc(CNc2noc3c(C(F)(F)F)nccc23)cc1. The normalized spacial score (nSPS) is 12.5. The summed E-state index contributed by atoms with van der Waals surface area (Å²) >= 11 is -0.230. The number of aromatic nitrogens is 2. The Kier molecular flexibility index (Phi) is 4.74. The van der Waals surface area contributed by atoms with Gasteiger partial charge in [0, 0.05) is 17.6 Å². The molecular formula is C15H9F6N3OS. The number of rotatable bonds is 4. The van der Waals surface area contributed by atoms with Crippen LogP contribution in [0.3, 0.4) is 0 Å². The first-order chi connectivity index (χ1) is 12.1.